The number of benzene rings is 1. The number of aryl methyl sites for hydroxylation is 1. The average Bonchev–Trinajstić information content (AvgIpc) is 2.90. The summed E-state index contributed by atoms with van der Waals surface area (Å²) in [6.45, 7) is 0. The van der Waals surface area contributed by atoms with E-state index in [2.05, 4.69) is 16.8 Å². The van der Waals surface area contributed by atoms with Gasteiger partial charge in [0.25, 0.3) is 6.43 Å². The van der Waals surface area contributed by atoms with Gasteiger partial charge in [0.1, 0.15) is 0 Å². The molecule has 5 heteroatoms. The molecule has 0 spiro atoms. The molecule has 0 bridgehead atoms. The molecule has 1 aromatic carbocycles. The summed E-state index contributed by atoms with van der Waals surface area (Å²) in [5, 5.41) is 5.34. The highest BCUT2D eigenvalue weighted by molar-refractivity contribution is 7.10. The molecule has 0 amide bonds. The van der Waals surface area contributed by atoms with Crippen molar-refractivity contribution in [2.45, 2.75) is 31.7 Å². The smallest absolute Gasteiger partial charge is 0.265 e. The van der Waals surface area contributed by atoms with Crippen molar-refractivity contribution in [3.05, 3.63) is 45.6 Å². The van der Waals surface area contributed by atoms with Crippen LogP contribution in [0.4, 0.5) is 20.2 Å². The first-order chi connectivity index (χ1) is 9.65. The summed E-state index contributed by atoms with van der Waals surface area (Å²) < 4.78 is 26.2. The lowest BCUT2D eigenvalue weighted by molar-refractivity contribution is 0.152. The van der Waals surface area contributed by atoms with Crippen LogP contribution in [0, 0.1) is 0 Å². The van der Waals surface area contributed by atoms with Crippen LogP contribution in [0.5, 0.6) is 0 Å². The second-order valence-corrected chi connectivity index (χ2v) is 6.04. The fourth-order valence-electron chi connectivity index (χ4n) is 2.72. The summed E-state index contributed by atoms with van der Waals surface area (Å²) in [6.07, 6.45) is 0.627. The van der Waals surface area contributed by atoms with E-state index in [1.165, 1.54) is 16.5 Å². The Morgan fingerprint density at radius 3 is 2.95 bits per heavy atom. The van der Waals surface area contributed by atoms with E-state index in [4.69, 9.17) is 5.73 Å². The van der Waals surface area contributed by atoms with Crippen LogP contribution in [0.2, 0.25) is 0 Å². The van der Waals surface area contributed by atoms with Gasteiger partial charge in [-0.05, 0) is 54.5 Å². The maximum Gasteiger partial charge on any atom is 0.265 e. The summed E-state index contributed by atoms with van der Waals surface area (Å²) in [7, 11) is 0. The van der Waals surface area contributed by atoms with Gasteiger partial charge >= 0.3 is 0 Å². The SMILES string of the molecule is Nc1ccc(NC2CCCc3sccc32)c(C(F)F)c1. The van der Waals surface area contributed by atoms with Crippen LogP contribution < -0.4 is 11.1 Å². The van der Waals surface area contributed by atoms with E-state index in [0.717, 1.165) is 19.3 Å². The van der Waals surface area contributed by atoms with Crippen LogP contribution in [-0.2, 0) is 6.42 Å². The number of anilines is 2. The molecule has 3 N–H and O–H groups in total. The number of thiophene rings is 1. The number of halogens is 2. The van der Waals surface area contributed by atoms with E-state index in [1.807, 2.05) is 0 Å². The van der Waals surface area contributed by atoms with Crippen LogP contribution in [-0.4, -0.2) is 0 Å². The van der Waals surface area contributed by atoms with Crippen molar-refractivity contribution in [3.8, 4) is 0 Å². The molecule has 2 aromatic rings. The minimum atomic E-state index is -2.52. The molecule has 1 aliphatic carbocycles. The molecule has 1 heterocycles. The molecule has 20 heavy (non-hydrogen) atoms. The summed E-state index contributed by atoms with van der Waals surface area (Å²) in [4.78, 5) is 1.36. The third-order valence-electron chi connectivity index (χ3n) is 3.69. The zero-order valence-electron chi connectivity index (χ0n) is 10.9. The molecule has 3 rings (SSSR count). The van der Waals surface area contributed by atoms with E-state index in [0.29, 0.717) is 11.4 Å². The van der Waals surface area contributed by atoms with Crippen molar-refractivity contribution in [1.29, 1.82) is 0 Å². The Balaban J connectivity index is 1.90. The fraction of sp³-hybridized carbons (Fsp3) is 0.333. The first-order valence-corrected chi connectivity index (χ1v) is 7.53. The molecular weight excluding hydrogens is 278 g/mol. The van der Waals surface area contributed by atoms with Crippen molar-refractivity contribution in [2.75, 3.05) is 11.1 Å². The molecule has 0 radical (unpaired) electrons. The maximum absolute atomic E-state index is 13.1. The number of nitrogen functional groups attached to an aromatic ring is 1. The minimum Gasteiger partial charge on any atom is -0.399 e. The van der Waals surface area contributed by atoms with Gasteiger partial charge in [-0.3, -0.25) is 0 Å². The zero-order chi connectivity index (χ0) is 14.1. The molecule has 0 aliphatic heterocycles. The second kappa shape index (κ2) is 5.40. The molecule has 2 nitrogen and oxygen atoms in total. The number of nitrogens with one attached hydrogen (secondary N) is 1. The highest BCUT2D eigenvalue weighted by Crippen LogP contribution is 2.38. The Labute approximate surface area is 120 Å². The zero-order valence-corrected chi connectivity index (χ0v) is 11.7. The Morgan fingerprint density at radius 1 is 1.30 bits per heavy atom. The largest absolute Gasteiger partial charge is 0.399 e. The van der Waals surface area contributed by atoms with Gasteiger partial charge in [0.2, 0.25) is 0 Å². The fourth-order valence-corrected chi connectivity index (χ4v) is 3.70. The lowest BCUT2D eigenvalue weighted by atomic mass is 9.93. The van der Waals surface area contributed by atoms with Crippen LogP contribution in [0.25, 0.3) is 0 Å². The molecule has 1 atom stereocenters. The van der Waals surface area contributed by atoms with Crippen LogP contribution in [0.3, 0.4) is 0 Å². The predicted molar refractivity (Wildman–Crippen MR) is 79.4 cm³/mol. The standard InChI is InChI=1S/C15H16F2N2S/c16-15(17)11-8-9(18)4-5-13(11)19-12-2-1-3-14-10(12)6-7-20-14/h4-8,12,15,19H,1-3,18H2. The van der Waals surface area contributed by atoms with Gasteiger partial charge in [-0.25, -0.2) is 8.78 Å². The van der Waals surface area contributed by atoms with E-state index in [-0.39, 0.29) is 11.6 Å². The second-order valence-electron chi connectivity index (χ2n) is 5.04. The Morgan fingerprint density at radius 2 is 2.15 bits per heavy atom. The topological polar surface area (TPSA) is 38.0 Å². The lowest BCUT2D eigenvalue weighted by Gasteiger charge is -2.26. The van der Waals surface area contributed by atoms with Crippen molar-refractivity contribution in [2.24, 2.45) is 0 Å². The quantitative estimate of drug-likeness (QED) is 0.801. The molecule has 0 fully saturated rings. The van der Waals surface area contributed by atoms with Crippen LogP contribution >= 0.6 is 11.3 Å². The van der Waals surface area contributed by atoms with Gasteiger partial charge in [0.15, 0.2) is 0 Å². The maximum atomic E-state index is 13.1. The Bertz CT molecular complexity index is 610. The number of nitrogens with two attached hydrogens (primary N) is 1. The third-order valence-corrected chi connectivity index (χ3v) is 4.69. The predicted octanol–water partition coefficient (Wildman–Crippen LogP) is 4.76. The first kappa shape index (κ1) is 13.4. The van der Waals surface area contributed by atoms with Gasteiger partial charge in [0, 0.05) is 21.8 Å². The minimum absolute atomic E-state index is 0.0210. The van der Waals surface area contributed by atoms with Gasteiger partial charge < -0.3 is 11.1 Å². The normalized spacial score (nSPS) is 18.1. The monoisotopic (exact) mass is 294 g/mol. The molecule has 106 valence electrons. The Kier molecular flexibility index (Phi) is 3.61. The molecule has 1 unspecified atom stereocenters. The number of hydrogen-bond acceptors (Lipinski definition) is 3. The van der Waals surface area contributed by atoms with Crippen molar-refractivity contribution < 1.29 is 8.78 Å². The van der Waals surface area contributed by atoms with Crippen LogP contribution in [0.15, 0.2) is 29.6 Å². The van der Waals surface area contributed by atoms with Gasteiger partial charge in [-0.15, -0.1) is 11.3 Å². The summed E-state index contributed by atoms with van der Waals surface area (Å²) in [6, 6.07) is 6.87. The lowest BCUT2D eigenvalue weighted by Crippen LogP contribution is -2.16. The number of fused-ring (bicyclic) bond motifs is 1. The van der Waals surface area contributed by atoms with Crippen molar-refractivity contribution in [3.63, 3.8) is 0 Å². The summed E-state index contributed by atoms with van der Waals surface area (Å²) >= 11 is 1.74. The average molecular weight is 294 g/mol. The molecule has 1 aromatic heterocycles. The first-order valence-electron chi connectivity index (χ1n) is 6.65. The van der Waals surface area contributed by atoms with E-state index < -0.39 is 6.43 Å². The molecule has 0 saturated heterocycles. The Hall–Kier alpha value is -1.62. The van der Waals surface area contributed by atoms with Gasteiger partial charge in [0.05, 0.1) is 6.04 Å². The van der Waals surface area contributed by atoms with Crippen LogP contribution in [0.1, 0.15) is 41.3 Å². The van der Waals surface area contributed by atoms with Gasteiger partial charge in [-0.2, -0.15) is 0 Å². The highest BCUT2D eigenvalue weighted by Gasteiger charge is 2.23. The number of alkyl halides is 2. The summed E-state index contributed by atoms with van der Waals surface area (Å²) in [5.74, 6) is 0. The number of rotatable bonds is 3. The number of hydrogen-bond donors (Lipinski definition) is 2. The third kappa shape index (κ3) is 2.50. The molecule has 1 aliphatic rings. The van der Waals surface area contributed by atoms with E-state index >= 15 is 0 Å². The van der Waals surface area contributed by atoms with Crippen molar-refractivity contribution in [1.82, 2.24) is 0 Å². The van der Waals surface area contributed by atoms with E-state index in [1.54, 1.807) is 23.5 Å². The van der Waals surface area contributed by atoms with Gasteiger partial charge in [-0.1, -0.05) is 0 Å². The molecule has 0 saturated carbocycles. The van der Waals surface area contributed by atoms with Crippen molar-refractivity contribution >= 4 is 22.7 Å². The van der Waals surface area contributed by atoms with E-state index in [9.17, 15) is 8.78 Å². The molecular formula is C15H16F2N2S. The summed E-state index contributed by atoms with van der Waals surface area (Å²) in [5.41, 5.74) is 7.68. The highest BCUT2D eigenvalue weighted by atomic mass is 32.1.